The van der Waals surface area contributed by atoms with E-state index in [1.807, 2.05) is 17.9 Å². The van der Waals surface area contributed by atoms with E-state index in [9.17, 15) is 4.79 Å². The molecule has 0 radical (unpaired) electrons. The maximum Gasteiger partial charge on any atom is 0.251 e. The summed E-state index contributed by atoms with van der Waals surface area (Å²) in [6.45, 7) is 7.73. The van der Waals surface area contributed by atoms with Crippen LogP contribution in [0.3, 0.4) is 0 Å². The van der Waals surface area contributed by atoms with Crippen molar-refractivity contribution >= 4 is 16.9 Å². The number of hydrogen-bond acceptors (Lipinski definition) is 3. The number of carbonyl (C=O) groups is 1. The zero-order valence-electron chi connectivity index (χ0n) is 15.0. The fourth-order valence-corrected chi connectivity index (χ4v) is 3.64. The summed E-state index contributed by atoms with van der Waals surface area (Å²) in [4.78, 5) is 19.3. The molecule has 5 heteroatoms. The van der Waals surface area contributed by atoms with Gasteiger partial charge < -0.3 is 14.2 Å². The van der Waals surface area contributed by atoms with E-state index in [0.717, 1.165) is 37.3 Å². The Morgan fingerprint density at radius 1 is 1.29 bits per heavy atom. The highest BCUT2D eigenvalue weighted by Crippen LogP contribution is 2.31. The van der Waals surface area contributed by atoms with Crippen LogP contribution in [0.1, 0.15) is 51.4 Å². The molecular weight excluding hydrogens is 302 g/mol. The number of methoxy groups -OCH3 is 1. The molecular formula is C19H27N3O2. The molecule has 2 heterocycles. The van der Waals surface area contributed by atoms with Crippen molar-refractivity contribution < 1.29 is 9.53 Å². The Balaban J connectivity index is 1.92. The minimum Gasteiger partial charge on any atom is -0.372 e. The summed E-state index contributed by atoms with van der Waals surface area (Å²) < 4.78 is 7.53. The van der Waals surface area contributed by atoms with Gasteiger partial charge in [-0.15, -0.1) is 0 Å². The highest BCUT2D eigenvalue weighted by molar-refractivity contribution is 5.81. The number of amides is 1. The van der Waals surface area contributed by atoms with Crippen LogP contribution >= 0.6 is 0 Å². The van der Waals surface area contributed by atoms with Gasteiger partial charge in [-0.2, -0.15) is 0 Å². The third kappa shape index (κ3) is 3.05. The van der Waals surface area contributed by atoms with E-state index in [4.69, 9.17) is 9.72 Å². The molecule has 1 amide bonds. The first-order valence-corrected chi connectivity index (χ1v) is 8.81. The van der Waals surface area contributed by atoms with Crippen molar-refractivity contribution in [2.45, 2.75) is 51.7 Å². The second-order valence-corrected chi connectivity index (χ2v) is 6.92. The number of imidazole rings is 1. The lowest BCUT2D eigenvalue weighted by Crippen LogP contribution is -2.44. The Labute approximate surface area is 143 Å². The summed E-state index contributed by atoms with van der Waals surface area (Å²) in [5.74, 6) is 1.46. The average molecular weight is 329 g/mol. The van der Waals surface area contributed by atoms with Gasteiger partial charge in [0.15, 0.2) is 0 Å². The number of rotatable bonds is 4. The molecule has 1 fully saturated rings. The third-order valence-corrected chi connectivity index (χ3v) is 4.94. The molecule has 5 nitrogen and oxygen atoms in total. The van der Waals surface area contributed by atoms with E-state index in [0.29, 0.717) is 6.04 Å². The smallest absolute Gasteiger partial charge is 0.251 e. The molecule has 0 N–H and O–H groups in total. The molecule has 1 aromatic heterocycles. The van der Waals surface area contributed by atoms with E-state index in [1.54, 1.807) is 7.11 Å². The largest absolute Gasteiger partial charge is 0.372 e. The van der Waals surface area contributed by atoms with Gasteiger partial charge >= 0.3 is 0 Å². The van der Waals surface area contributed by atoms with E-state index in [-0.39, 0.29) is 17.9 Å². The van der Waals surface area contributed by atoms with Crippen LogP contribution in [0.5, 0.6) is 0 Å². The molecule has 1 aromatic carbocycles. The zero-order valence-corrected chi connectivity index (χ0v) is 15.0. The van der Waals surface area contributed by atoms with E-state index in [2.05, 4.69) is 36.6 Å². The molecule has 2 unspecified atom stereocenters. The number of piperidine rings is 1. The summed E-state index contributed by atoms with van der Waals surface area (Å²) in [6, 6.07) is 8.63. The summed E-state index contributed by atoms with van der Waals surface area (Å²) in [5.41, 5.74) is 2.21. The van der Waals surface area contributed by atoms with Gasteiger partial charge in [0.05, 0.1) is 11.0 Å². The van der Waals surface area contributed by atoms with E-state index < -0.39 is 0 Å². The van der Waals surface area contributed by atoms with Gasteiger partial charge in [0.2, 0.25) is 0 Å². The van der Waals surface area contributed by atoms with Gasteiger partial charge in [0.1, 0.15) is 11.9 Å². The number of para-hydroxylation sites is 2. The molecule has 0 saturated carbocycles. The Morgan fingerprint density at radius 3 is 2.75 bits per heavy atom. The maximum atomic E-state index is 12.5. The number of carbonyl (C=O) groups excluding carboxylic acids is 1. The quantitative estimate of drug-likeness (QED) is 0.864. The van der Waals surface area contributed by atoms with Gasteiger partial charge in [-0.05, 0) is 45.7 Å². The standard InChI is InChI=1S/C19H27N3O2/c1-13(2)22-17-10-6-5-9-16(17)20-18(22)15-8-7-11-21(12-15)19(23)14(3)24-4/h5-6,9-10,13-15H,7-8,11-12H2,1-4H3. The van der Waals surface area contributed by atoms with Crippen LogP contribution < -0.4 is 0 Å². The SMILES string of the molecule is COC(C)C(=O)N1CCCC(c2nc3ccccc3n2C(C)C)C1. The van der Waals surface area contributed by atoms with Crippen molar-refractivity contribution in [1.82, 2.24) is 14.5 Å². The lowest BCUT2D eigenvalue weighted by atomic mass is 9.96. The molecule has 2 atom stereocenters. The number of likely N-dealkylation sites (tertiary alicyclic amines) is 1. The number of ether oxygens (including phenoxy) is 1. The lowest BCUT2D eigenvalue weighted by Gasteiger charge is -2.34. The Hall–Kier alpha value is -1.88. The number of benzene rings is 1. The van der Waals surface area contributed by atoms with Crippen molar-refractivity contribution in [1.29, 1.82) is 0 Å². The predicted molar refractivity (Wildman–Crippen MR) is 95.1 cm³/mol. The molecule has 1 aliphatic heterocycles. The van der Waals surface area contributed by atoms with Crippen LogP contribution in [0.25, 0.3) is 11.0 Å². The van der Waals surface area contributed by atoms with E-state index >= 15 is 0 Å². The fraction of sp³-hybridized carbons (Fsp3) is 0.579. The predicted octanol–water partition coefficient (Wildman–Crippen LogP) is 3.36. The van der Waals surface area contributed by atoms with Crippen LogP contribution in [0.2, 0.25) is 0 Å². The fourth-order valence-electron chi connectivity index (χ4n) is 3.64. The van der Waals surface area contributed by atoms with Crippen molar-refractivity contribution in [3.63, 3.8) is 0 Å². The van der Waals surface area contributed by atoms with Crippen LogP contribution in [0.4, 0.5) is 0 Å². The molecule has 24 heavy (non-hydrogen) atoms. The van der Waals surface area contributed by atoms with Crippen LogP contribution in [-0.4, -0.2) is 46.7 Å². The Bertz CT molecular complexity index is 722. The Morgan fingerprint density at radius 2 is 2.04 bits per heavy atom. The average Bonchev–Trinajstić information content (AvgIpc) is 3.00. The number of fused-ring (bicyclic) bond motifs is 1. The van der Waals surface area contributed by atoms with Crippen molar-refractivity contribution in [3.8, 4) is 0 Å². The van der Waals surface area contributed by atoms with Gasteiger partial charge in [-0.3, -0.25) is 4.79 Å². The lowest BCUT2D eigenvalue weighted by molar-refractivity contribution is -0.142. The van der Waals surface area contributed by atoms with Crippen LogP contribution in [0, 0.1) is 0 Å². The van der Waals surface area contributed by atoms with Crippen molar-refractivity contribution in [2.24, 2.45) is 0 Å². The molecule has 130 valence electrons. The monoisotopic (exact) mass is 329 g/mol. The van der Waals surface area contributed by atoms with Gasteiger partial charge in [-0.25, -0.2) is 4.98 Å². The topological polar surface area (TPSA) is 47.4 Å². The van der Waals surface area contributed by atoms with Crippen molar-refractivity contribution in [3.05, 3.63) is 30.1 Å². The van der Waals surface area contributed by atoms with Crippen molar-refractivity contribution in [2.75, 3.05) is 20.2 Å². The van der Waals surface area contributed by atoms with Gasteiger partial charge in [0.25, 0.3) is 5.91 Å². The Kier molecular flexibility index (Phi) is 4.90. The summed E-state index contributed by atoms with van der Waals surface area (Å²) in [7, 11) is 1.59. The summed E-state index contributed by atoms with van der Waals surface area (Å²) in [5, 5.41) is 0. The van der Waals surface area contributed by atoms with Gasteiger partial charge in [-0.1, -0.05) is 12.1 Å². The molecule has 2 aromatic rings. The second-order valence-electron chi connectivity index (χ2n) is 6.92. The molecule has 3 rings (SSSR count). The number of aromatic nitrogens is 2. The summed E-state index contributed by atoms with van der Waals surface area (Å²) in [6.07, 6.45) is 1.70. The van der Waals surface area contributed by atoms with Crippen LogP contribution in [-0.2, 0) is 9.53 Å². The highest BCUT2D eigenvalue weighted by atomic mass is 16.5. The highest BCUT2D eigenvalue weighted by Gasteiger charge is 2.30. The minimum atomic E-state index is -0.382. The number of hydrogen-bond donors (Lipinski definition) is 0. The first-order valence-electron chi connectivity index (χ1n) is 8.81. The molecule has 1 saturated heterocycles. The first-order chi connectivity index (χ1) is 11.5. The molecule has 1 aliphatic rings. The summed E-state index contributed by atoms with van der Waals surface area (Å²) >= 11 is 0. The number of nitrogens with zero attached hydrogens (tertiary/aromatic N) is 3. The zero-order chi connectivity index (χ0) is 17.3. The maximum absolute atomic E-state index is 12.5. The first kappa shape index (κ1) is 17.0. The molecule has 0 spiro atoms. The third-order valence-electron chi connectivity index (χ3n) is 4.94. The normalized spacial score (nSPS) is 19.9. The van der Waals surface area contributed by atoms with E-state index in [1.165, 1.54) is 5.52 Å². The van der Waals surface area contributed by atoms with Gasteiger partial charge in [0, 0.05) is 32.2 Å². The molecule has 0 bridgehead atoms. The second kappa shape index (κ2) is 6.93. The minimum absolute atomic E-state index is 0.0782. The molecule has 0 aliphatic carbocycles. The van der Waals surface area contributed by atoms with Crippen LogP contribution in [0.15, 0.2) is 24.3 Å².